The van der Waals surface area contributed by atoms with Crippen LogP contribution < -0.4 is 0 Å². The Balaban J connectivity index is -0.0000000135. The van der Waals surface area contributed by atoms with Crippen molar-refractivity contribution in [1.82, 2.24) is 0 Å². The average Bonchev–Trinajstić information content (AvgIpc) is 2.75. The maximum atomic E-state index is 3.25. The summed E-state index contributed by atoms with van der Waals surface area (Å²) in [6, 6.07) is 0. The Bertz CT molecular complexity index is 185. The van der Waals surface area contributed by atoms with Crippen LogP contribution in [0.5, 0.6) is 0 Å². The zero-order chi connectivity index (χ0) is 18.5. The molecular formula is C26H57Y11-3. The van der Waals surface area contributed by atoms with E-state index in [0.717, 1.165) is 11.8 Å². The van der Waals surface area contributed by atoms with Gasteiger partial charge in [0.1, 0.15) is 0 Å². The van der Waals surface area contributed by atoms with Crippen LogP contribution in [-0.2, 0) is 360 Å². The molecule has 3 aliphatic rings. The Morgan fingerprint density at radius 2 is 0.405 bits per heavy atom. The first-order chi connectivity index (χ1) is 12.0. The van der Waals surface area contributed by atoms with Crippen LogP contribution in [0.3, 0.4) is 0 Å². The molecule has 3 rings (SSSR count). The van der Waals surface area contributed by atoms with Crippen LogP contribution >= 0.6 is 0 Å². The van der Waals surface area contributed by atoms with E-state index in [1.165, 1.54) is 77.0 Å². The molecule has 3 saturated carbocycles. The van der Waals surface area contributed by atoms with E-state index in [9.17, 15) is 0 Å². The monoisotopic (exact) mass is 1350 g/mol. The summed E-state index contributed by atoms with van der Waals surface area (Å²) in [5, 5.41) is 0. The van der Waals surface area contributed by atoms with Gasteiger partial charge in [0.05, 0.1) is 0 Å². The predicted molar refractivity (Wildman–Crippen MR) is 127 cm³/mol. The van der Waals surface area contributed by atoms with Crippen molar-refractivity contribution < 1.29 is 360 Å². The minimum atomic E-state index is 0. The average molecular weight is 1350 g/mol. The van der Waals surface area contributed by atoms with Crippen molar-refractivity contribution in [2.45, 2.75) is 137 Å². The summed E-state index contributed by atoms with van der Waals surface area (Å²) in [6.07, 6.45) is 24.4. The molecule has 0 aliphatic heterocycles. The molecule has 3 fully saturated rings. The quantitative estimate of drug-likeness (QED) is 0.230. The van der Waals surface area contributed by atoms with Gasteiger partial charge in [-0.1, -0.05) is 130 Å². The molecule has 11 radical (unpaired) electrons. The van der Waals surface area contributed by atoms with Crippen molar-refractivity contribution in [2.75, 3.05) is 0 Å². The second kappa shape index (κ2) is 91.8. The Morgan fingerprint density at radius 3 is 0.541 bits per heavy atom. The Labute approximate surface area is 516 Å². The van der Waals surface area contributed by atoms with Gasteiger partial charge in [-0.15, -0.1) is 0 Å². The first-order valence-corrected chi connectivity index (χ1v) is 11.7. The molecule has 0 aromatic heterocycles. The van der Waals surface area contributed by atoms with Crippen molar-refractivity contribution in [3.8, 4) is 0 Å². The van der Waals surface area contributed by atoms with Gasteiger partial charge in [-0.2, -0.15) is 6.92 Å². The molecule has 11 heteroatoms. The van der Waals surface area contributed by atoms with Gasteiger partial charge in [-0.3, -0.25) is 0 Å². The molecule has 0 aromatic carbocycles. The van der Waals surface area contributed by atoms with Gasteiger partial charge in [-0.25, -0.2) is 0 Å². The summed E-state index contributed by atoms with van der Waals surface area (Å²) in [4.78, 5) is 0. The summed E-state index contributed by atoms with van der Waals surface area (Å²) in [7, 11) is 0. The van der Waals surface area contributed by atoms with Crippen molar-refractivity contribution in [2.24, 2.45) is 11.8 Å². The zero-order valence-corrected chi connectivity index (χ0v) is 57.7. The fraction of sp³-hybridized carbons (Fsp3) is 0.885. The van der Waals surface area contributed by atoms with E-state index < -0.39 is 0 Å². The number of rotatable bonds is 1. The Kier molecular flexibility index (Phi) is 242. The van der Waals surface area contributed by atoms with Gasteiger partial charge in [0.2, 0.25) is 0 Å². The summed E-state index contributed by atoms with van der Waals surface area (Å²) in [6.45, 7) is 13.0. The van der Waals surface area contributed by atoms with Crippen LogP contribution in [0.1, 0.15) is 137 Å². The molecule has 0 spiro atoms. The van der Waals surface area contributed by atoms with Crippen LogP contribution in [0.2, 0.25) is 0 Å². The fourth-order valence-corrected chi connectivity index (χ4v) is 4.27. The Hall–Kier alpha value is 12.1. The molecule has 0 bridgehead atoms. The molecule has 0 aromatic rings. The first-order valence-electron chi connectivity index (χ1n) is 11.7. The molecule has 0 amide bonds. The SMILES string of the molecule is C1CCC(C2CCCCC2)CC1.C1CCCCC1.CC.CC.[CH2-]C.[CH3-].[CH3-].[Y].[Y].[Y].[Y].[Y].[Y].[Y].[Y].[Y].[Y].[Y]. The molecule has 0 unspecified atom stereocenters. The van der Waals surface area contributed by atoms with E-state index in [1.54, 1.807) is 32.6 Å². The molecule has 3 aliphatic carbocycles. The largest absolute Gasteiger partial charge is 0.358 e. The number of hydrogen-bond acceptors (Lipinski definition) is 0. The molecule has 0 N–H and O–H groups in total. The van der Waals surface area contributed by atoms with Gasteiger partial charge >= 0.3 is 0 Å². The minimum absolute atomic E-state index is 0. The standard InChI is InChI=1S/C12H22.C6H12.2C2H6.C2H5.2CH3.11Y/c1-3-7-11(8-4-1)12-9-5-2-6-10-12;1-2-4-6-5-3-1;3*1-2;;;;;;;;;;;;;/h11-12H,1-10H2;1-6H2;2*1-2H3;1H2,2H3;2*1H3;;;;;;;;;;;/q;;;;3*-1;;;;;;;;;;;. The van der Waals surface area contributed by atoms with Gasteiger partial charge in [-0.05, 0) is 11.8 Å². The topological polar surface area (TPSA) is 0 Å². The molecule has 0 saturated heterocycles. The molecular weight excluding hydrogens is 1290 g/mol. The molecule has 37 heavy (non-hydrogen) atoms. The van der Waals surface area contributed by atoms with E-state index >= 15 is 0 Å². The second-order valence-electron chi connectivity index (χ2n) is 6.92. The normalized spacial score (nSPS) is 13.8. The van der Waals surface area contributed by atoms with Gasteiger partial charge < -0.3 is 21.8 Å². The zero-order valence-electron chi connectivity index (χ0n) is 26.5. The van der Waals surface area contributed by atoms with Crippen LogP contribution in [-0.4, -0.2) is 0 Å². The van der Waals surface area contributed by atoms with Crippen LogP contribution in [0.15, 0.2) is 0 Å². The van der Waals surface area contributed by atoms with Crippen molar-refractivity contribution in [3.05, 3.63) is 21.8 Å². The minimum Gasteiger partial charge on any atom is -0.358 e. The molecule has 0 atom stereocenters. The summed E-state index contributed by atoms with van der Waals surface area (Å²) < 4.78 is 0. The van der Waals surface area contributed by atoms with E-state index in [0.29, 0.717) is 0 Å². The van der Waals surface area contributed by atoms with E-state index in [1.807, 2.05) is 27.7 Å². The van der Waals surface area contributed by atoms with Crippen molar-refractivity contribution in [1.29, 1.82) is 0 Å². The first kappa shape index (κ1) is 97.7. The summed E-state index contributed by atoms with van der Waals surface area (Å²) in [5.41, 5.74) is 0. The summed E-state index contributed by atoms with van der Waals surface area (Å²) in [5.74, 6) is 2.28. The van der Waals surface area contributed by atoms with Crippen LogP contribution in [0.4, 0.5) is 0 Å². The van der Waals surface area contributed by atoms with Gasteiger partial charge in [0.25, 0.3) is 0 Å². The van der Waals surface area contributed by atoms with E-state index in [-0.39, 0.29) is 375 Å². The van der Waals surface area contributed by atoms with Crippen LogP contribution in [0.25, 0.3) is 0 Å². The molecule has 197 valence electrons. The third kappa shape index (κ3) is 70.5. The Morgan fingerprint density at radius 1 is 0.297 bits per heavy atom. The van der Waals surface area contributed by atoms with E-state index in [4.69, 9.17) is 0 Å². The third-order valence-corrected chi connectivity index (χ3v) is 5.47. The van der Waals surface area contributed by atoms with Gasteiger partial charge in [0.15, 0.2) is 0 Å². The predicted octanol–water partition coefficient (Wildman–Crippen LogP) is 10.3. The fourth-order valence-electron chi connectivity index (χ4n) is 4.27. The van der Waals surface area contributed by atoms with Crippen molar-refractivity contribution in [3.63, 3.8) is 0 Å². The van der Waals surface area contributed by atoms with E-state index in [2.05, 4.69) is 6.92 Å². The smallest absolute Gasteiger partial charge is 0 e. The molecule has 0 nitrogen and oxygen atoms in total. The maximum absolute atomic E-state index is 3.25. The maximum Gasteiger partial charge on any atom is 0 e. The van der Waals surface area contributed by atoms with Gasteiger partial charge in [0, 0.05) is 360 Å². The van der Waals surface area contributed by atoms with Crippen LogP contribution in [0, 0.1) is 33.6 Å². The molecule has 0 heterocycles. The second-order valence-corrected chi connectivity index (χ2v) is 6.92. The summed E-state index contributed by atoms with van der Waals surface area (Å²) >= 11 is 0. The van der Waals surface area contributed by atoms with Crippen molar-refractivity contribution >= 4 is 0 Å². The third-order valence-electron chi connectivity index (χ3n) is 5.47. The number of hydrogen-bond donors (Lipinski definition) is 0.